The largest absolute Gasteiger partial charge is 0.0711 e. The van der Waals surface area contributed by atoms with Crippen molar-refractivity contribution in [2.45, 2.75) is 19.3 Å². The van der Waals surface area contributed by atoms with Crippen molar-refractivity contribution in [1.29, 1.82) is 0 Å². The van der Waals surface area contributed by atoms with Crippen molar-refractivity contribution in [2.24, 2.45) is 11.3 Å². The highest BCUT2D eigenvalue weighted by Crippen LogP contribution is 2.73. The van der Waals surface area contributed by atoms with Crippen molar-refractivity contribution in [1.82, 2.24) is 0 Å². The summed E-state index contributed by atoms with van der Waals surface area (Å²) in [5.74, 6) is 0.389. The molecule has 0 bridgehead atoms. The Kier molecular flexibility index (Phi) is 4.87. The smallest absolute Gasteiger partial charge is 0.0328 e. The second kappa shape index (κ2) is 7.71. The average molecular weight is 401 g/mol. The van der Waals surface area contributed by atoms with E-state index in [1.54, 1.807) is 0 Å². The molecule has 0 saturated heterocycles. The van der Waals surface area contributed by atoms with Gasteiger partial charge in [0.1, 0.15) is 0 Å². The van der Waals surface area contributed by atoms with E-state index in [1.165, 1.54) is 27.8 Å². The van der Waals surface area contributed by atoms with E-state index < -0.39 is 0 Å². The van der Waals surface area contributed by atoms with Gasteiger partial charge in [-0.25, -0.2) is 0 Å². The van der Waals surface area contributed by atoms with E-state index in [4.69, 9.17) is 0 Å². The van der Waals surface area contributed by atoms with Crippen LogP contribution in [0.1, 0.15) is 36.1 Å². The molecule has 0 heteroatoms. The zero-order chi connectivity index (χ0) is 21.3. The number of hydrogen-bond acceptors (Lipinski definition) is 0. The summed E-state index contributed by atoms with van der Waals surface area (Å²) in [6.07, 6.45) is 2.53. The summed E-state index contributed by atoms with van der Waals surface area (Å²) < 4.78 is 0. The SMILES string of the molecule is CC1(C)C(C=C(c2ccccc2)c2ccccc2)C1(c1ccccc1)c1ccccc1. The Morgan fingerprint density at radius 1 is 0.548 bits per heavy atom. The zero-order valence-electron chi connectivity index (χ0n) is 18.2. The van der Waals surface area contributed by atoms with Crippen molar-refractivity contribution in [2.75, 3.05) is 0 Å². The first-order valence-corrected chi connectivity index (χ1v) is 11.1. The van der Waals surface area contributed by atoms with Gasteiger partial charge in [-0.2, -0.15) is 0 Å². The van der Waals surface area contributed by atoms with E-state index in [1.807, 2.05) is 0 Å². The van der Waals surface area contributed by atoms with Gasteiger partial charge in [-0.1, -0.05) is 141 Å². The van der Waals surface area contributed by atoms with Crippen LogP contribution in [-0.4, -0.2) is 0 Å². The molecule has 1 aliphatic carbocycles. The lowest BCUT2D eigenvalue weighted by Crippen LogP contribution is -2.16. The van der Waals surface area contributed by atoms with Crippen molar-refractivity contribution in [3.63, 3.8) is 0 Å². The third-order valence-electron chi connectivity index (χ3n) is 7.14. The van der Waals surface area contributed by atoms with E-state index in [2.05, 4.69) is 141 Å². The third-order valence-corrected chi connectivity index (χ3v) is 7.14. The molecule has 0 heterocycles. The van der Waals surface area contributed by atoms with Gasteiger partial charge in [-0.05, 0) is 39.2 Å². The lowest BCUT2D eigenvalue weighted by Gasteiger charge is -2.22. The minimum Gasteiger partial charge on any atom is -0.0711 e. The Hall–Kier alpha value is -3.38. The van der Waals surface area contributed by atoms with Gasteiger partial charge in [-0.15, -0.1) is 0 Å². The highest BCUT2D eigenvalue weighted by Gasteiger charge is 2.71. The molecule has 1 unspecified atom stereocenters. The van der Waals surface area contributed by atoms with E-state index in [0.29, 0.717) is 5.92 Å². The van der Waals surface area contributed by atoms with Crippen LogP contribution in [0.25, 0.3) is 5.57 Å². The van der Waals surface area contributed by atoms with E-state index in [0.717, 1.165) is 0 Å². The fraction of sp³-hybridized carbons (Fsp3) is 0.161. The number of allylic oxidation sites excluding steroid dienone is 1. The number of rotatable bonds is 5. The van der Waals surface area contributed by atoms with Gasteiger partial charge in [0, 0.05) is 5.41 Å². The van der Waals surface area contributed by atoms with Crippen LogP contribution in [0.2, 0.25) is 0 Å². The van der Waals surface area contributed by atoms with Crippen molar-refractivity contribution < 1.29 is 0 Å². The maximum absolute atomic E-state index is 2.53. The Bertz CT molecular complexity index is 1090. The van der Waals surface area contributed by atoms with Crippen LogP contribution in [0.15, 0.2) is 127 Å². The van der Waals surface area contributed by atoms with Gasteiger partial charge >= 0.3 is 0 Å². The quantitative estimate of drug-likeness (QED) is 0.321. The highest BCUT2D eigenvalue weighted by molar-refractivity contribution is 5.81. The van der Waals surface area contributed by atoms with Crippen LogP contribution in [0.3, 0.4) is 0 Å². The molecule has 0 spiro atoms. The fourth-order valence-corrected chi connectivity index (χ4v) is 5.57. The molecule has 1 saturated carbocycles. The summed E-state index contributed by atoms with van der Waals surface area (Å²) in [6.45, 7) is 4.84. The van der Waals surface area contributed by atoms with Crippen LogP contribution < -0.4 is 0 Å². The molecule has 1 atom stereocenters. The van der Waals surface area contributed by atoms with Crippen LogP contribution in [0.5, 0.6) is 0 Å². The molecule has 1 aliphatic rings. The van der Waals surface area contributed by atoms with Gasteiger partial charge in [0.2, 0.25) is 0 Å². The molecule has 1 fully saturated rings. The maximum Gasteiger partial charge on any atom is 0.0328 e. The molecule has 0 amide bonds. The van der Waals surface area contributed by atoms with Gasteiger partial charge in [0.15, 0.2) is 0 Å². The Morgan fingerprint density at radius 2 is 0.903 bits per heavy atom. The molecular weight excluding hydrogens is 372 g/mol. The molecule has 5 rings (SSSR count). The van der Waals surface area contributed by atoms with Gasteiger partial charge < -0.3 is 0 Å². The number of hydrogen-bond donors (Lipinski definition) is 0. The minimum absolute atomic E-state index is 0.0374. The molecule has 31 heavy (non-hydrogen) atoms. The normalized spacial score (nSPS) is 18.2. The first-order chi connectivity index (χ1) is 15.2. The second-order valence-corrected chi connectivity index (χ2v) is 9.05. The second-order valence-electron chi connectivity index (χ2n) is 9.05. The molecule has 0 radical (unpaired) electrons. The predicted molar refractivity (Wildman–Crippen MR) is 131 cm³/mol. The summed E-state index contributed by atoms with van der Waals surface area (Å²) >= 11 is 0. The Labute approximate surface area is 185 Å². The monoisotopic (exact) mass is 400 g/mol. The summed E-state index contributed by atoms with van der Waals surface area (Å²) in [6, 6.07) is 43.7. The van der Waals surface area contributed by atoms with Crippen molar-refractivity contribution in [3.8, 4) is 0 Å². The third kappa shape index (κ3) is 3.15. The minimum atomic E-state index is -0.0374. The van der Waals surface area contributed by atoms with Gasteiger partial charge in [0.25, 0.3) is 0 Å². The molecule has 0 aromatic heterocycles. The lowest BCUT2D eigenvalue weighted by atomic mass is 9.81. The first kappa shape index (κ1) is 19.6. The van der Waals surface area contributed by atoms with Crippen LogP contribution in [0, 0.1) is 11.3 Å². The molecule has 152 valence electrons. The van der Waals surface area contributed by atoms with E-state index in [9.17, 15) is 0 Å². The topological polar surface area (TPSA) is 0 Å². The van der Waals surface area contributed by atoms with Crippen LogP contribution in [-0.2, 0) is 5.41 Å². The molecule has 0 N–H and O–H groups in total. The maximum atomic E-state index is 2.53. The van der Waals surface area contributed by atoms with E-state index in [-0.39, 0.29) is 10.8 Å². The van der Waals surface area contributed by atoms with Crippen molar-refractivity contribution >= 4 is 5.57 Å². The van der Waals surface area contributed by atoms with Gasteiger partial charge in [0.05, 0.1) is 0 Å². The number of benzene rings is 4. The Balaban J connectivity index is 1.72. The van der Waals surface area contributed by atoms with Crippen molar-refractivity contribution in [3.05, 3.63) is 150 Å². The standard InChI is InChI=1S/C31H28/c1-30(2)29(23-28(24-15-7-3-8-16-24)25-17-9-4-10-18-25)31(30,26-19-11-5-12-20-26)27-21-13-6-14-22-27/h3-23,29H,1-2H3. The average Bonchev–Trinajstić information content (AvgIpc) is 3.34. The molecule has 0 nitrogen and oxygen atoms in total. The predicted octanol–water partition coefficient (Wildman–Crippen LogP) is 7.76. The van der Waals surface area contributed by atoms with Crippen LogP contribution in [0.4, 0.5) is 0 Å². The van der Waals surface area contributed by atoms with E-state index >= 15 is 0 Å². The molecule has 0 aliphatic heterocycles. The fourth-order valence-electron chi connectivity index (χ4n) is 5.57. The highest BCUT2D eigenvalue weighted by atomic mass is 14.7. The molecule has 4 aromatic rings. The lowest BCUT2D eigenvalue weighted by molar-refractivity contribution is 0.545. The summed E-state index contributed by atoms with van der Waals surface area (Å²) in [5, 5.41) is 0. The summed E-state index contributed by atoms with van der Waals surface area (Å²) in [5.41, 5.74) is 6.71. The van der Waals surface area contributed by atoms with Gasteiger partial charge in [-0.3, -0.25) is 0 Å². The summed E-state index contributed by atoms with van der Waals surface area (Å²) in [4.78, 5) is 0. The summed E-state index contributed by atoms with van der Waals surface area (Å²) in [7, 11) is 0. The first-order valence-electron chi connectivity index (χ1n) is 11.1. The zero-order valence-corrected chi connectivity index (χ0v) is 18.2. The van der Waals surface area contributed by atoms with Crippen LogP contribution >= 0.6 is 0 Å². The molecular formula is C31H28. The molecule has 4 aromatic carbocycles. The Morgan fingerprint density at radius 3 is 1.29 bits per heavy atom.